The van der Waals surface area contributed by atoms with Crippen LogP contribution in [0, 0.1) is 0 Å². The summed E-state index contributed by atoms with van der Waals surface area (Å²) in [7, 11) is 0. The highest BCUT2D eigenvalue weighted by molar-refractivity contribution is 9.11. The largest absolute Gasteiger partial charge is 0.342 e. The van der Waals surface area contributed by atoms with E-state index >= 15 is 0 Å². The Hall–Kier alpha value is 0.130. The van der Waals surface area contributed by atoms with Gasteiger partial charge in [-0.15, -0.1) is 0 Å². The summed E-state index contributed by atoms with van der Waals surface area (Å²) >= 11 is 10.5. The molecule has 0 aromatic heterocycles. The molecule has 0 fully saturated rings. The Morgan fingerprint density at radius 3 is 2.33 bits per heavy atom. The fourth-order valence-corrected chi connectivity index (χ4v) is 3.90. The molecule has 1 aliphatic rings. The molecule has 2 rings (SSSR count). The van der Waals surface area contributed by atoms with Gasteiger partial charge in [0.1, 0.15) is 5.84 Å². The van der Waals surface area contributed by atoms with E-state index < -0.39 is 0 Å². The quantitative estimate of drug-likeness (QED) is 0.738. The van der Waals surface area contributed by atoms with Gasteiger partial charge in [-0.25, -0.2) is 0 Å². The molecule has 0 aliphatic carbocycles. The van der Waals surface area contributed by atoms with Crippen molar-refractivity contribution in [1.29, 1.82) is 0 Å². The van der Waals surface area contributed by atoms with E-state index in [1.54, 1.807) is 0 Å². The second-order valence-electron chi connectivity index (χ2n) is 3.30. The summed E-state index contributed by atoms with van der Waals surface area (Å²) in [6.07, 6.45) is 2.18. The lowest BCUT2D eigenvalue weighted by molar-refractivity contribution is 0.951. The molecule has 0 saturated carbocycles. The molecule has 1 aliphatic heterocycles. The molecule has 0 atom stereocenters. The summed E-state index contributed by atoms with van der Waals surface area (Å²) < 4.78 is 3.09. The van der Waals surface area contributed by atoms with Gasteiger partial charge in [-0.1, -0.05) is 15.9 Å². The number of aliphatic imine (C=N–C) groups is 1. The van der Waals surface area contributed by atoms with E-state index in [1.807, 2.05) is 12.1 Å². The van der Waals surface area contributed by atoms with Crippen LogP contribution in [-0.4, -0.2) is 12.4 Å². The molecule has 0 amide bonds. The first-order valence-electron chi connectivity index (χ1n) is 4.62. The Morgan fingerprint density at radius 2 is 1.80 bits per heavy atom. The lowest BCUT2D eigenvalue weighted by atomic mass is 10.3. The zero-order valence-corrected chi connectivity index (χ0v) is 12.6. The van der Waals surface area contributed by atoms with E-state index in [0.29, 0.717) is 0 Å². The minimum Gasteiger partial charge on any atom is -0.342 e. The van der Waals surface area contributed by atoms with Crippen LogP contribution in [0.15, 0.2) is 30.5 Å². The third kappa shape index (κ3) is 2.82. The van der Waals surface area contributed by atoms with Gasteiger partial charge in [0.15, 0.2) is 0 Å². The number of halogens is 3. The predicted molar refractivity (Wildman–Crippen MR) is 74.7 cm³/mol. The van der Waals surface area contributed by atoms with Gasteiger partial charge in [0.2, 0.25) is 0 Å². The van der Waals surface area contributed by atoms with E-state index in [0.717, 1.165) is 44.3 Å². The van der Waals surface area contributed by atoms with Crippen molar-refractivity contribution >= 4 is 59.3 Å². The number of hydrogen-bond acceptors (Lipinski definition) is 2. The van der Waals surface area contributed by atoms with Crippen molar-refractivity contribution in [3.63, 3.8) is 0 Å². The average molecular weight is 397 g/mol. The minimum absolute atomic E-state index is 0.939. The highest BCUT2D eigenvalue weighted by Gasteiger charge is 2.11. The van der Waals surface area contributed by atoms with Crippen molar-refractivity contribution in [3.05, 3.63) is 25.6 Å². The van der Waals surface area contributed by atoms with Crippen LogP contribution in [0.25, 0.3) is 0 Å². The van der Waals surface area contributed by atoms with Gasteiger partial charge in [-0.2, -0.15) is 0 Å². The van der Waals surface area contributed by atoms with Gasteiger partial charge < -0.3 is 5.32 Å². The number of benzene rings is 1. The summed E-state index contributed by atoms with van der Waals surface area (Å²) in [4.78, 5) is 4.39. The van der Waals surface area contributed by atoms with Gasteiger partial charge in [0.25, 0.3) is 0 Å². The summed E-state index contributed by atoms with van der Waals surface area (Å²) in [6, 6.07) is 4.03. The zero-order chi connectivity index (χ0) is 10.8. The normalized spacial score (nSPS) is 15.3. The molecule has 2 nitrogen and oxygen atoms in total. The van der Waals surface area contributed by atoms with Crippen LogP contribution < -0.4 is 5.32 Å². The fourth-order valence-electron chi connectivity index (χ4n) is 1.45. The first-order valence-corrected chi connectivity index (χ1v) is 6.99. The number of nitrogens with zero attached hydrogens (tertiary/aromatic N) is 1. The van der Waals surface area contributed by atoms with Gasteiger partial charge >= 0.3 is 0 Å². The Kier molecular flexibility index (Phi) is 3.85. The summed E-state index contributed by atoms with van der Waals surface area (Å²) in [5.74, 6) is 1.07. The van der Waals surface area contributed by atoms with Crippen molar-refractivity contribution in [2.24, 2.45) is 4.99 Å². The summed E-state index contributed by atoms with van der Waals surface area (Å²) in [5.41, 5.74) is 1.04. The second kappa shape index (κ2) is 4.97. The lowest BCUT2D eigenvalue weighted by Crippen LogP contribution is -2.09. The summed E-state index contributed by atoms with van der Waals surface area (Å²) in [5, 5.41) is 3.34. The standard InChI is InChI=1S/C10H9Br3N2/c11-6-4-7(12)10(8(13)5-6)15-9-2-1-3-14-9/h4-5H,1-3H2,(H,14,15). The monoisotopic (exact) mass is 394 g/mol. The smallest absolute Gasteiger partial charge is 0.101 e. The van der Waals surface area contributed by atoms with Crippen LogP contribution in [0.5, 0.6) is 0 Å². The van der Waals surface area contributed by atoms with Gasteiger partial charge in [0, 0.05) is 26.4 Å². The number of hydrogen-bond donors (Lipinski definition) is 1. The highest BCUT2D eigenvalue weighted by Crippen LogP contribution is 2.34. The number of anilines is 1. The number of amidine groups is 1. The third-order valence-corrected chi connectivity index (χ3v) is 3.86. The fraction of sp³-hybridized carbons (Fsp3) is 0.300. The van der Waals surface area contributed by atoms with Gasteiger partial charge in [0.05, 0.1) is 5.69 Å². The molecule has 1 N–H and O–H groups in total. The van der Waals surface area contributed by atoms with Crippen molar-refractivity contribution < 1.29 is 0 Å². The van der Waals surface area contributed by atoms with Crippen molar-refractivity contribution in [1.82, 2.24) is 0 Å². The minimum atomic E-state index is 0.939. The third-order valence-electron chi connectivity index (χ3n) is 2.15. The molecule has 0 unspecified atom stereocenters. The maximum atomic E-state index is 4.39. The first kappa shape index (κ1) is 11.6. The zero-order valence-electron chi connectivity index (χ0n) is 7.86. The molecule has 0 bridgehead atoms. The molecule has 1 aromatic rings. The van der Waals surface area contributed by atoms with Crippen molar-refractivity contribution in [2.75, 3.05) is 11.9 Å². The molecule has 0 saturated heterocycles. The Balaban J connectivity index is 2.27. The number of nitrogens with one attached hydrogen (secondary N) is 1. The highest BCUT2D eigenvalue weighted by atomic mass is 79.9. The maximum Gasteiger partial charge on any atom is 0.101 e. The Morgan fingerprint density at radius 1 is 1.13 bits per heavy atom. The van der Waals surface area contributed by atoms with E-state index in [2.05, 4.69) is 58.1 Å². The van der Waals surface area contributed by atoms with E-state index in [9.17, 15) is 0 Å². The second-order valence-corrected chi connectivity index (χ2v) is 5.93. The topological polar surface area (TPSA) is 24.4 Å². The molecule has 0 radical (unpaired) electrons. The molecular formula is C10H9Br3N2. The molecule has 0 spiro atoms. The molecule has 1 heterocycles. The predicted octanol–water partition coefficient (Wildman–Crippen LogP) is 4.58. The maximum absolute atomic E-state index is 4.39. The van der Waals surface area contributed by atoms with Crippen molar-refractivity contribution in [2.45, 2.75) is 12.8 Å². The first-order chi connectivity index (χ1) is 7.16. The molecule has 5 heteroatoms. The Labute approximate surface area is 114 Å². The van der Waals surface area contributed by atoms with Crippen molar-refractivity contribution in [3.8, 4) is 0 Å². The van der Waals surface area contributed by atoms with Gasteiger partial charge in [-0.05, 0) is 50.4 Å². The molecule has 1 aromatic carbocycles. The average Bonchev–Trinajstić information content (AvgIpc) is 2.63. The van der Waals surface area contributed by atoms with Crippen LogP contribution >= 0.6 is 47.8 Å². The summed E-state index contributed by atoms with van der Waals surface area (Å²) in [6.45, 7) is 0.939. The van der Waals surface area contributed by atoms with Gasteiger partial charge in [-0.3, -0.25) is 4.99 Å². The van der Waals surface area contributed by atoms with Crippen LogP contribution in [0.1, 0.15) is 12.8 Å². The van der Waals surface area contributed by atoms with E-state index in [-0.39, 0.29) is 0 Å². The van der Waals surface area contributed by atoms with Crippen LogP contribution in [0.4, 0.5) is 5.69 Å². The molecular weight excluding hydrogens is 388 g/mol. The lowest BCUT2D eigenvalue weighted by Gasteiger charge is -2.10. The SMILES string of the molecule is Brc1cc(Br)c(NC2=NCCC2)c(Br)c1. The Bertz CT molecular complexity index is 392. The number of rotatable bonds is 1. The molecule has 15 heavy (non-hydrogen) atoms. The van der Waals surface area contributed by atoms with E-state index in [4.69, 9.17) is 0 Å². The van der Waals surface area contributed by atoms with Crippen LogP contribution in [0.2, 0.25) is 0 Å². The molecule has 80 valence electrons. The van der Waals surface area contributed by atoms with Crippen LogP contribution in [0.3, 0.4) is 0 Å². The van der Waals surface area contributed by atoms with E-state index in [1.165, 1.54) is 0 Å². The van der Waals surface area contributed by atoms with Crippen LogP contribution in [-0.2, 0) is 0 Å².